The number of amides is 1. The van der Waals surface area contributed by atoms with E-state index in [0.717, 1.165) is 32.4 Å². The van der Waals surface area contributed by atoms with Crippen molar-refractivity contribution in [3.8, 4) is 0 Å². The van der Waals surface area contributed by atoms with Crippen molar-refractivity contribution < 1.29 is 4.79 Å². The number of hydrogen-bond acceptors (Lipinski definition) is 2. The van der Waals surface area contributed by atoms with Crippen LogP contribution in [0.5, 0.6) is 0 Å². The van der Waals surface area contributed by atoms with Crippen molar-refractivity contribution in [1.29, 1.82) is 0 Å². The van der Waals surface area contributed by atoms with E-state index in [1.165, 1.54) is 0 Å². The molecule has 1 aliphatic rings. The van der Waals surface area contributed by atoms with Crippen molar-refractivity contribution in [2.24, 2.45) is 17.6 Å². The van der Waals surface area contributed by atoms with E-state index < -0.39 is 0 Å². The summed E-state index contributed by atoms with van der Waals surface area (Å²) in [6, 6.07) is 0.138. The SMILES string of the molecule is CCC(N)CN1CCC(C(C)C)CCC1=O. The predicted octanol–water partition coefficient (Wildman–Crippen LogP) is 2.01. The minimum atomic E-state index is 0.138. The average molecular weight is 226 g/mol. The molecule has 1 saturated heterocycles. The third-order valence-electron chi connectivity index (χ3n) is 3.77. The molecule has 16 heavy (non-hydrogen) atoms. The molecule has 0 radical (unpaired) electrons. The highest BCUT2D eigenvalue weighted by Gasteiger charge is 2.24. The zero-order valence-electron chi connectivity index (χ0n) is 10.9. The van der Waals surface area contributed by atoms with Crippen molar-refractivity contribution in [3.05, 3.63) is 0 Å². The van der Waals surface area contributed by atoms with Gasteiger partial charge in [0.1, 0.15) is 0 Å². The van der Waals surface area contributed by atoms with E-state index in [9.17, 15) is 4.79 Å². The number of nitrogens with two attached hydrogens (primary N) is 1. The van der Waals surface area contributed by atoms with Crippen LogP contribution < -0.4 is 5.73 Å². The Hall–Kier alpha value is -0.570. The first-order valence-corrected chi connectivity index (χ1v) is 6.58. The quantitative estimate of drug-likeness (QED) is 0.797. The second-order valence-corrected chi connectivity index (χ2v) is 5.34. The topological polar surface area (TPSA) is 46.3 Å². The number of carbonyl (C=O) groups excluding carboxylic acids is 1. The minimum absolute atomic E-state index is 0.138. The molecule has 0 bridgehead atoms. The monoisotopic (exact) mass is 226 g/mol. The first-order chi connectivity index (χ1) is 7.54. The Morgan fingerprint density at radius 2 is 2.12 bits per heavy atom. The highest BCUT2D eigenvalue weighted by molar-refractivity contribution is 5.76. The van der Waals surface area contributed by atoms with Gasteiger partial charge in [0.2, 0.25) is 5.91 Å². The summed E-state index contributed by atoms with van der Waals surface area (Å²) < 4.78 is 0. The molecule has 2 atom stereocenters. The molecule has 0 aliphatic carbocycles. The highest BCUT2D eigenvalue weighted by Crippen LogP contribution is 2.25. The van der Waals surface area contributed by atoms with E-state index in [0.29, 0.717) is 24.2 Å². The molecule has 3 nitrogen and oxygen atoms in total. The summed E-state index contributed by atoms with van der Waals surface area (Å²) >= 11 is 0. The van der Waals surface area contributed by atoms with Gasteiger partial charge in [0.05, 0.1) is 0 Å². The fraction of sp³-hybridized carbons (Fsp3) is 0.923. The molecule has 1 aliphatic heterocycles. The number of hydrogen-bond donors (Lipinski definition) is 1. The van der Waals surface area contributed by atoms with Gasteiger partial charge in [0, 0.05) is 25.6 Å². The second-order valence-electron chi connectivity index (χ2n) is 5.34. The van der Waals surface area contributed by atoms with Crippen LogP contribution in [0.3, 0.4) is 0 Å². The van der Waals surface area contributed by atoms with E-state index in [1.807, 2.05) is 4.90 Å². The number of carbonyl (C=O) groups is 1. The summed E-state index contributed by atoms with van der Waals surface area (Å²) in [5, 5.41) is 0. The maximum atomic E-state index is 11.9. The molecule has 0 spiro atoms. The van der Waals surface area contributed by atoms with Crippen molar-refractivity contribution >= 4 is 5.91 Å². The lowest BCUT2D eigenvalue weighted by Crippen LogP contribution is -2.40. The van der Waals surface area contributed by atoms with Crippen LogP contribution in [0.2, 0.25) is 0 Å². The van der Waals surface area contributed by atoms with Crippen LogP contribution in [0.4, 0.5) is 0 Å². The third kappa shape index (κ3) is 3.78. The molecule has 2 unspecified atom stereocenters. The summed E-state index contributed by atoms with van der Waals surface area (Å²) in [5.41, 5.74) is 5.92. The van der Waals surface area contributed by atoms with Crippen molar-refractivity contribution in [2.45, 2.75) is 52.5 Å². The Labute approximate surface area is 99.4 Å². The van der Waals surface area contributed by atoms with Gasteiger partial charge in [-0.25, -0.2) is 0 Å². The Kier molecular flexibility index (Phi) is 5.26. The van der Waals surface area contributed by atoms with Gasteiger partial charge in [-0.3, -0.25) is 4.79 Å². The molecule has 94 valence electrons. The van der Waals surface area contributed by atoms with Crippen molar-refractivity contribution in [1.82, 2.24) is 4.90 Å². The van der Waals surface area contributed by atoms with Crippen LogP contribution >= 0.6 is 0 Å². The van der Waals surface area contributed by atoms with E-state index in [1.54, 1.807) is 0 Å². The van der Waals surface area contributed by atoms with Crippen LogP contribution in [-0.2, 0) is 4.79 Å². The molecule has 0 aromatic heterocycles. The summed E-state index contributed by atoms with van der Waals surface area (Å²) in [7, 11) is 0. The number of likely N-dealkylation sites (tertiary alicyclic amines) is 1. The van der Waals surface area contributed by atoms with Gasteiger partial charge in [0.15, 0.2) is 0 Å². The van der Waals surface area contributed by atoms with Gasteiger partial charge in [-0.15, -0.1) is 0 Å². The molecule has 1 heterocycles. The van der Waals surface area contributed by atoms with Crippen molar-refractivity contribution in [3.63, 3.8) is 0 Å². The summed E-state index contributed by atoms with van der Waals surface area (Å²) in [5.74, 6) is 1.69. The first-order valence-electron chi connectivity index (χ1n) is 6.58. The normalized spacial score (nSPS) is 24.7. The summed E-state index contributed by atoms with van der Waals surface area (Å²) in [6.07, 6.45) is 3.84. The zero-order chi connectivity index (χ0) is 12.1. The van der Waals surface area contributed by atoms with E-state index in [2.05, 4.69) is 20.8 Å². The van der Waals surface area contributed by atoms with E-state index >= 15 is 0 Å². The molecule has 3 heteroatoms. The molecular formula is C13H26N2O. The number of nitrogens with zero attached hydrogens (tertiary/aromatic N) is 1. The highest BCUT2D eigenvalue weighted by atomic mass is 16.2. The van der Waals surface area contributed by atoms with Gasteiger partial charge in [-0.2, -0.15) is 0 Å². The molecule has 0 saturated carbocycles. The fourth-order valence-corrected chi connectivity index (χ4v) is 2.33. The minimum Gasteiger partial charge on any atom is -0.341 e. The third-order valence-corrected chi connectivity index (χ3v) is 3.77. The molecule has 1 fully saturated rings. The largest absolute Gasteiger partial charge is 0.341 e. The van der Waals surface area contributed by atoms with Crippen molar-refractivity contribution in [2.75, 3.05) is 13.1 Å². The van der Waals surface area contributed by atoms with Gasteiger partial charge in [-0.1, -0.05) is 20.8 Å². The molecule has 1 rings (SSSR count). The number of rotatable bonds is 4. The Morgan fingerprint density at radius 1 is 1.44 bits per heavy atom. The summed E-state index contributed by atoms with van der Waals surface area (Å²) in [4.78, 5) is 13.9. The standard InChI is InChI=1S/C13H26N2O/c1-4-12(14)9-15-8-7-11(10(2)3)5-6-13(15)16/h10-12H,4-9,14H2,1-3H3. The van der Waals surface area contributed by atoms with Crippen LogP contribution in [-0.4, -0.2) is 29.9 Å². The van der Waals surface area contributed by atoms with Crippen LogP contribution in [0.25, 0.3) is 0 Å². The molecule has 2 N–H and O–H groups in total. The van der Waals surface area contributed by atoms with E-state index in [4.69, 9.17) is 5.73 Å². The average Bonchev–Trinajstić information content (AvgIpc) is 2.42. The van der Waals surface area contributed by atoms with Crippen LogP contribution in [0.15, 0.2) is 0 Å². The molecule has 0 aromatic rings. The lowest BCUT2D eigenvalue weighted by atomic mass is 9.89. The maximum absolute atomic E-state index is 11.9. The molecular weight excluding hydrogens is 200 g/mol. The van der Waals surface area contributed by atoms with Gasteiger partial charge in [0.25, 0.3) is 0 Å². The van der Waals surface area contributed by atoms with Gasteiger partial charge >= 0.3 is 0 Å². The predicted molar refractivity (Wildman–Crippen MR) is 67.0 cm³/mol. The fourth-order valence-electron chi connectivity index (χ4n) is 2.33. The second kappa shape index (κ2) is 6.24. The smallest absolute Gasteiger partial charge is 0.222 e. The lowest BCUT2D eigenvalue weighted by molar-refractivity contribution is -0.130. The maximum Gasteiger partial charge on any atom is 0.222 e. The Balaban J connectivity index is 2.50. The molecule has 1 amide bonds. The van der Waals surface area contributed by atoms with Crippen LogP contribution in [0, 0.1) is 11.8 Å². The summed E-state index contributed by atoms with van der Waals surface area (Å²) in [6.45, 7) is 8.21. The zero-order valence-corrected chi connectivity index (χ0v) is 10.9. The molecule has 0 aromatic carbocycles. The van der Waals surface area contributed by atoms with Crippen LogP contribution in [0.1, 0.15) is 46.5 Å². The van der Waals surface area contributed by atoms with Gasteiger partial charge in [-0.05, 0) is 31.1 Å². The van der Waals surface area contributed by atoms with E-state index in [-0.39, 0.29) is 6.04 Å². The lowest BCUT2D eigenvalue weighted by Gasteiger charge is -2.24. The van der Waals surface area contributed by atoms with Gasteiger partial charge < -0.3 is 10.6 Å². The first kappa shape index (κ1) is 13.5. The Morgan fingerprint density at radius 3 is 2.69 bits per heavy atom. The Bertz CT molecular complexity index is 228.